The molecule has 2 heterocycles. The lowest BCUT2D eigenvalue weighted by Crippen LogP contribution is -1.86. The quantitative estimate of drug-likeness (QED) is 0.821. The van der Waals surface area contributed by atoms with Crippen LogP contribution in [0.3, 0.4) is 0 Å². The minimum atomic E-state index is 0.747. The van der Waals surface area contributed by atoms with Gasteiger partial charge in [0.25, 0.3) is 0 Å². The number of anilines is 1. The van der Waals surface area contributed by atoms with Gasteiger partial charge < -0.3 is 5.73 Å². The van der Waals surface area contributed by atoms with Crippen molar-refractivity contribution < 1.29 is 0 Å². The van der Waals surface area contributed by atoms with Gasteiger partial charge in [-0.2, -0.15) is 5.10 Å². The second-order valence-corrected chi connectivity index (χ2v) is 4.39. The van der Waals surface area contributed by atoms with Crippen LogP contribution in [0, 0.1) is 0 Å². The largest absolute Gasteiger partial charge is 0.396 e. The summed E-state index contributed by atoms with van der Waals surface area (Å²) in [6, 6.07) is 4.22. The number of hydrogen-bond donors (Lipinski definition) is 1. The molecule has 0 saturated carbocycles. The zero-order valence-corrected chi connectivity index (χ0v) is 9.14. The zero-order chi connectivity index (χ0) is 10.1. The van der Waals surface area contributed by atoms with Crippen LogP contribution in [0.5, 0.6) is 0 Å². The molecule has 74 valence electrons. The molecule has 0 unspecified atom stereocenters. The molecule has 0 aromatic carbocycles. The summed E-state index contributed by atoms with van der Waals surface area (Å²) in [4.78, 5) is 2.52. The van der Waals surface area contributed by atoms with E-state index < -0.39 is 0 Å². The van der Waals surface area contributed by atoms with Gasteiger partial charge in [0, 0.05) is 18.1 Å². The SMILES string of the molecule is CCc1ccc(-c2nn(C)cc2N)s1. The average molecular weight is 207 g/mol. The molecule has 0 aliphatic heterocycles. The predicted molar refractivity (Wildman–Crippen MR) is 60.3 cm³/mol. The van der Waals surface area contributed by atoms with Crippen LogP contribution >= 0.6 is 11.3 Å². The second kappa shape index (κ2) is 3.46. The molecule has 2 aromatic rings. The number of nitrogen functional groups attached to an aromatic ring is 1. The summed E-state index contributed by atoms with van der Waals surface area (Å²) in [5.41, 5.74) is 7.49. The Labute approximate surface area is 87.2 Å². The normalized spacial score (nSPS) is 10.7. The summed E-state index contributed by atoms with van der Waals surface area (Å²) in [5.74, 6) is 0. The molecular weight excluding hydrogens is 194 g/mol. The van der Waals surface area contributed by atoms with Gasteiger partial charge in [0.15, 0.2) is 0 Å². The Morgan fingerprint density at radius 1 is 1.50 bits per heavy atom. The fourth-order valence-electron chi connectivity index (χ4n) is 1.39. The molecule has 0 radical (unpaired) electrons. The van der Waals surface area contributed by atoms with Crippen molar-refractivity contribution in [2.24, 2.45) is 7.05 Å². The summed E-state index contributed by atoms with van der Waals surface area (Å²) in [6.45, 7) is 2.15. The molecule has 0 aliphatic carbocycles. The van der Waals surface area contributed by atoms with E-state index in [0.717, 1.165) is 22.7 Å². The van der Waals surface area contributed by atoms with E-state index in [-0.39, 0.29) is 0 Å². The molecule has 2 aromatic heterocycles. The molecule has 14 heavy (non-hydrogen) atoms. The minimum Gasteiger partial charge on any atom is -0.396 e. The van der Waals surface area contributed by atoms with Gasteiger partial charge in [-0.15, -0.1) is 11.3 Å². The lowest BCUT2D eigenvalue weighted by atomic mass is 10.3. The first kappa shape index (κ1) is 9.27. The van der Waals surface area contributed by atoms with Crippen molar-refractivity contribution in [3.05, 3.63) is 23.2 Å². The van der Waals surface area contributed by atoms with E-state index in [9.17, 15) is 0 Å². The van der Waals surface area contributed by atoms with Gasteiger partial charge >= 0.3 is 0 Å². The summed E-state index contributed by atoms with van der Waals surface area (Å²) < 4.78 is 1.75. The summed E-state index contributed by atoms with van der Waals surface area (Å²) in [7, 11) is 1.88. The van der Waals surface area contributed by atoms with Gasteiger partial charge in [0.1, 0.15) is 5.69 Å². The number of thiophene rings is 1. The van der Waals surface area contributed by atoms with E-state index in [1.165, 1.54) is 4.88 Å². The van der Waals surface area contributed by atoms with Crippen LogP contribution in [0.25, 0.3) is 10.6 Å². The molecule has 0 aliphatic rings. The summed E-state index contributed by atoms with van der Waals surface area (Å²) in [5, 5.41) is 4.33. The monoisotopic (exact) mass is 207 g/mol. The van der Waals surface area contributed by atoms with E-state index in [2.05, 4.69) is 24.2 Å². The molecule has 0 amide bonds. The highest BCUT2D eigenvalue weighted by atomic mass is 32.1. The Morgan fingerprint density at radius 3 is 2.79 bits per heavy atom. The number of nitrogens with two attached hydrogens (primary N) is 1. The first-order valence-electron chi connectivity index (χ1n) is 4.59. The van der Waals surface area contributed by atoms with Crippen LogP contribution in [0.15, 0.2) is 18.3 Å². The number of aryl methyl sites for hydroxylation is 2. The Bertz CT molecular complexity index is 442. The fraction of sp³-hybridized carbons (Fsp3) is 0.300. The van der Waals surface area contributed by atoms with Crippen LogP contribution in [0.1, 0.15) is 11.8 Å². The van der Waals surface area contributed by atoms with E-state index in [1.807, 2.05) is 13.2 Å². The standard InChI is InChI=1S/C10H13N3S/c1-3-7-4-5-9(14-7)10-8(11)6-13(2)12-10/h4-6H,3,11H2,1-2H3. The molecule has 0 spiro atoms. The maximum Gasteiger partial charge on any atom is 0.125 e. The topological polar surface area (TPSA) is 43.8 Å². The molecule has 4 heteroatoms. The highest BCUT2D eigenvalue weighted by Gasteiger charge is 2.09. The van der Waals surface area contributed by atoms with E-state index in [1.54, 1.807) is 16.0 Å². The van der Waals surface area contributed by atoms with Gasteiger partial charge in [-0.25, -0.2) is 0 Å². The highest BCUT2D eigenvalue weighted by molar-refractivity contribution is 7.15. The fourth-order valence-corrected chi connectivity index (χ4v) is 2.35. The van der Waals surface area contributed by atoms with Crippen LogP contribution in [0.4, 0.5) is 5.69 Å². The summed E-state index contributed by atoms with van der Waals surface area (Å²) >= 11 is 1.76. The van der Waals surface area contributed by atoms with E-state index in [4.69, 9.17) is 5.73 Å². The molecule has 0 atom stereocenters. The van der Waals surface area contributed by atoms with Gasteiger partial charge in [0.2, 0.25) is 0 Å². The number of rotatable bonds is 2. The van der Waals surface area contributed by atoms with Crippen LogP contribution in [-0.4, -0.2) is 9.78 Å². The lowest BCUT2D eigenvalue weighted by molar-refractivity contribution is 0.771. The molecule has 0 fully saturated rings. The van der Waals surface area contributed by atoms with Crippen molar-refractivity contribution in [3.63, 3.8) is 0 Å². The molecule has 0 saturated heterocycles. The molecular formula is C10H13N3S. The van der Waals surface area contributed by atoms with Crippen molar-refractivity contribution in [2.75, 3.05) is 5.73 Å². The van der Waals surface area contributed by atoms with Crippen molar-refractivity contribution in [1.82, 2.24) is 9.78 Å². The third-order valence-corrected chi connectivity index (χ3v) is 3.34. The molecule has 3 nitrogen and oxygen atoms in total. The first-order valence-corrected chi connectivity index (χ1v) is 5.40. The first-order chi connectivity index (χ1) is 6.70. The lowest BCUT2D eigenvalue weighted by Gasteiger charge is -1.91. The van der Waals surface area contributed by atoms with Gasteiger partial charge in [-0.1, -0.05) is 6.92 Å². The third kappa shape index (κ3) is 1.53. The molecule has 2 rings (SSSR count). The Kier molecular flexibility index (Phi) is 2.29. The molecule has 0 bridgehead atoms. The van der Waals surface area contributed by atoms with Crippen LogP contribution in [0.2, 0.25) is 0 Å². The van der Waals surface area contributed by atoms with Crippen molar-refractivity contribution in [1.29, 1.82) is 0 Å². The predicted octanol–water partition coefficient (Wildman–Crippen LogP) is 2.29. The van der Waals surface area contributed by atoms with Gasteiger partial charge in [-0.05, 0) is 18.6 Å². The maximum absolute atomic E-state index is 5.85. The second-order valence-electron chi connectivity index (χ2n) is 3.23. The summed E-state index contributed by atoms with van der Waals surface area (Å²) in [6.07, 6.45) is 2.90. The van der Waals surface area contributed by atoms with Gasteiger partial charge in [-0.3, -0.25) is 4.68 Å². The van der Waals surface area contributed by atoms with Crippen LogP contribution < -0.4 is 5.73 Å². The van der Waals surface area contributed by atoms with Crippen molar-refractivity contribution in [3.8, 4) is 10.6 Å². The van der Waals surface area contributed by atoms with Crippen LogP contribution in [-0.2, 0) is 13.5 Å². The molecule has 2 N–H and O–H groups in total. The Hall–Kier alpha value is -1.29. The third-order valence-electron chi connectivity index (χ3n) is 2.10. The average Bonchev–Trinajstić information content (AvgIpc) is 2.71. The Balaban J connectivity index is 2.43. The van der Waals surface area contributed by atoms with Gasteiger partial charge in [0.05, 0.1) is 10.6 Å². The zero-order valence-electron chi connectivity index (χ0n) is 8.32. The smallest absolute Gasteiger partial charge is 0.125 e. The highest BCUT2D eigenvalue weighted by Crippen LogP contribution is 2.30. The van der Waals surface area contributed by atoms with Crippen molar-refractivity contribution in [2.45, 2.75) is 13.3 Å². The number of nitrogens with zero attached hydrogens (tertiary/aromatic N) is 2. The van der Waals surface area contributed by atoms with Crippen molar-refractivity contribution >= 4 is 17.0 Å². The van der Waals surface area contributed by atoms with E-state index >= 15 is 0 Å². The minimum absolute atomic E-state index is 0.747. The maximum atomic E-state index is 5.85. The number of hydrogen-bond acceptors (Lipinski definition) is 3. The Morgan fingerprint density at radius 2 is 2.29 bits per heavy atom. The van der Waals surface area contributed by atoms with E-state index in [0.29, 0.717) is 0 Å². The number of aromatic nitrogens is 2.